The third-order valence-electron chi connectivity index (χ3n) is 3.69. The lowest BCUT2D eigenvalue weighted by Gasteiger charge is -2.54. The van der Waals surface area contributed by atoms with Crippen molar-refractivity contribution in [3.05, 3.63) is 0 Å². The van der Waals surface area contributed by atoms with Gasteiger partial charge in [-0.1, -0.05) is 33.9 Å². The van der Waals surface area contributed by atoms with E-state index in [9.17, 15) is 4.79 Å². The first-order chi connectivity index (χ1) is 6.21. The SMILES string of the molecule is CC(C)(C)[Si](C)(C)N1C(=O)C[C@@H]1CO. The highest BCUT2D eigenvalue weighted by Gasteiger charge is 2.51. The standard InChI is InChI=1S/C10H21NO2Si/c1-10(2,3)14(4,5)11-8(7-12)6-9(11)13/h8,12H,6-7H2,1-5H3/t8-/m1/s1. The van der Waals surface area contributed by atoms with Crippen LogP contribution in [0.3, 0.4) is 0 Å². The Morgan fingerprint density at radius 3 is 2.29 bits per heavy atom. The summed E-state index contributed by atoms with van der Waals surface area (Å²) in [6, 6.07) is 0.0865. The van der Waals surface area contributed by atoms with Crippen molar-refractivity contribution in [2.75, 3.05) is 6.61 Å². The highest BCUT2D eigenvalue weighted by Crippen LogP contribution is 2.42. The van der Waals surface area contributed by atoms with Gasteiger partial charge in [-0.2, -0.15) is 0 Å². The molecule has 0 radical (unpaired) electrons. The van der Waals surface area contributed by atoms with Crippen LogP contribution in [0.1, 0.15) is 27.2 Å². The van der Waals surface area contributed by atoms with Crippen molar-refractivity contribution in [1.29, 1.82) is 0 Å². The zero-order valence-corrected chi connectivity index (χ0v) is 10.8. The molecule has 82 valence electrons. The van der Waals surface area contributed by atoms with E-state index in [1.807, 2.05) is 4.57 Å². The fraction of sp³-hybridized carbons (Fsp3) is 0.900. The summed E-state index contributed by atoms with van der Waals surface area (Å²) in [7, 11) is -1.74. The highest BCUT2D eigenvalue weighted by atomic mass is 28.3. The molecule has 0 aromatic heterocycles. The zero-order chi connectivity index (χ0) is 11.1. The van der Waals surface area contributed by atoms with E-state index in [-0.39, 0.29) is 23.6 Å². The summed E-state index contributed by atoms with van der Waals surface area (Å²) in [4.78, 5) is 11.5. The quantitative estimate of drug-likeness (QED) is 0.561. The Balaban J connectivity index is 2.86. The van der Waals surface area contributed by atoms with Crippen LogP contribution in [0.2, 0.25) is 18.1 Å². The number of aliphatic hydroxyl groups excluding tert-OH is 1. The lowest BCUT2D eigenvalue weighted by Crippen LogP contribution is -2.69. The van der Waals surface area contributed by atoms with Crippen LogP contribution >= 0.6 is 0 Å². The van der Waals surface area contributed by atoms with Crippen LogP contribution in [0.4, 0.5) is 0 Å². The molecule has 0 bridgehead atoms. The summed E-state index contributed by atoms with van der Waals surface area (Å²) in [6.45, 7) is 11.1. The maximum atomic E-state index is 11.5. The van der Waals surface area contributed by atoms with Crippen LogP contribution in [0.25, 0.3) is 0 Å². The lowest BCUT2D eigenvalue weighted by atomic mass is 10.1. The molecule has 4 heteroatoms. The Bertz CT molecular complexity index is 245. The molecule has 0 saturated carbocycles. The second-order valence-corrected chi connectivity index (χ2v) is 10.7. The van der Waals surface area contributed by atoms with Gasteiger partial charge in [0.05, 0.1) is 12.6 Å². The predicted molar refractivity (Wildman–Crippen MR) is 59.5 cm³/mol. The van der Waals surface area contributed by atoms with Gasteiger partial charge in [-0.25, -0.2) is 0 Å². The van der Waals surface area contributed by atoms with Gasteiger partial charge in [0.25, 0.3) is 0 Å². The van der Waals surface area contributed by atoms with Gasteiger partial charge in [0.15, 0.2) is 8.24 Å². The van der Waals surface area contributed by atoms with E-state index < -0.39 is 8.24 Å². The molecule has 1 N–H and O–H groups in total. The van der Waals surface area contributed by atoms with E-state index in [0.29, 0.717) is 6.42 Å². The Morgan fingerprint density at radius 1 is 1.50 bits per heavy atom. The highest BCUT2D eigenvalue weighted by molar-refractivity contribution is 6.79. The first-order valence-electron chi connectivity index (χ1n) is 5.15. The van der Waals surface area contributed by atoms with E-state index in [2.05, 4.69) is 33.9 Å². The van der Waals surface area contributed by atoms with E-state index >= 15 is 0 Å². The summed E-state index contributed by atoms with van der Waals surface area (Å²) >= 11 is 0. The average Bonchev–Trinajstić information content (AvgIpc) is 1.96. The monoisotopic (exact) mass is 215 g/mol. The molecule has 0 spiro atoms. The minimum atomic E-state index is -1.74. The average molecular weight is 215 g/mol. The molecule has 1 amide bonds. The van der Waals surface area contributed by atoms with Crippen molar-refractivity contribution in [2.24, 2.45) is 0 Å². The van der Waals surface area contributed by atoms with E-state index in [1.54, 1.807) is 0 Å². The lowest BCUT2D eigenvalue weighted by molar-refractivity contribution is -0.140. The van der Waals surface area contributed by atoms with Crippen LogP contribution in [0.5, 0.6) is 0 Å². The molecule has 0 aliphatic carbocycles. The minimum absolute atomic E-state index is 0.0865. The Morgan fingerprint density at radius 2 is 2.00 bits per heavy atom. The van der Waals surface area contributed by atoms with Gasteiger partial charge in [-0.3, -0.25) is 4.79 Å². The number of β-lactam (4-membered cyclic amide) rings is 1. The predicted octanol–water partition coefficient (Wildman–Crippen LogP) is 1.58. The molecule has 1 fully saturated rings. The van der Waals surface area contributed by atoms with Gasteiger partial charge in [0.2, 0.25) is 5.91 Å². The second kappa shape index (κ2) is 3.34. The van der Waals surface area contributed by atoms with Crippen molar-refractivity contribution < 1.29 is 9.90 Å². The molecule has 0 unspecified atom stereocenters. The minimum Gasteiger partial charge on any atom is -0.394 e. The van der Waals surface area contributed by atoms with E-state index in [1.165, 1.54) is 0 Å². The molecule has 1 saturated heterocycles. The van der Waals surface area contributed by atoms with Gasteiger partial charge in [0, 0.05) is 6.42 Å². The summed E-state index contributed by atoms with van der Waals surface area (Å²) in [6.07, 6.45) is 0.531. The summed E-state index contributed by atoms with van der Waals surface area (Å²) < 4.78 is 1.97. The number of carbonyl (C=O) groups excluding carboxylic acids is 1. The Kier molecular flexibility index (Phi) is 2.80. The van der Waals surface area contributed by atoms with Crippen molar-refractivity contribution in [2.45, 2.75) is 51.4 Å². The smallest absolute Gasteiger partial charge is 0.217 e. The molecule has 1 heterocycles. The Hall–Kier alpha value is -0.353. The number of hydrogen-bond acceptors (Lipinski definition) is 2. The van der Waals surface area contributed by atoms with Crippen LogP contribution in [0.15, 0.2) is 0 Å². The number of rotatable bonds is 2. The van der Waals surface area contributed by atoms with Crippen molar-refractivity contribution >= 4 is 14.1 Å². The zero-order valence-electron chi connectivity index (χ0n) is 9.79. The fourth-order valence-electron chi connectivity index (χ4n) is 1.76. The molecule has 0 aromatic rings. The van der Waals surface area contributed by atoms with Crippen LogP contribution in [-0.2, 0) is 4.79 Å². The maximum Gasteiger partial charge on any atom is 0.217 e. The topological polar surface area (TPSA) is 40.5 Å². The molecule has 14 heavy (non-hydrogen) atoms. The molecule has 3 nitrogen and oxygen atoms in total. The Labute approximate surface area is 87.2 Å². The molecule has 1 aliphatic heterocycles. The number of amides is 1. The molecular weight excluding hydrogens is 194 g/mol. The van der Waals surface area contributed by atoms with E-state index in [0.717, 1.165) is 0 Å². The van der Waals surface area contributed by atoms with Crippen LogP contribution in [-0.4, -0.2) is 36.5 Å². The van der Waals surface area contributed by atoms with Gasteiger partial charge in [0.1, 0.15) is 0 Å². The van der Waals surface area contributed by atoms with Gasteiger partial charge in [-0.15, -0.1) is 0 Å². The number of carbonyl (C=O) groups is 1. The third-order valence-corrected chi connectivity index (χ3v) is 9.18. The number of nitrogens with zero attached hydrogens (tertiary/aromatic N) is 1. The van der Waals surface area contributed by atoms with Gasteiger partial charge in [-0.05, 0) is 5.04 Å². The van der Waals surface area contributed by atoms with Crippen molar-refractivity contribution in [1.82, 2.24) is 4.57 Å². The molecule has 0 aromatic carbocycles. The number of hydrogen-bond donors (Lipinski definition) is 1. The van der Waals surface area contributed by atoms with Gasteiger partial charge < -0.3 is 9.67 Å². The van der Waals surface area contributed by atoms with Crippen LogP contribution in [0, 0.1) is 0 Å². The largest absolute Gasteiger partial charge is 0.394 e. The fourth-order valence-corrected chi connectivity index (χ4v) is 4.28. The molecular formula is C10H21NO2Si. The first-order valence-corrected chi connectivity index (χ1v) is 8.09. The molecule has 1 aliphatic rings. The first kappa shape index (κ1) is 11.7. The van der Waals surface area contributed by atoms with Crippen LogP contribution < -0.4 is 0 Å². The van der Waals surface area contributed by atoms with E-state index in [4.69, 9.17) is 5.11 Å². The summed E-state index contributed by atoms with van der Waals surface area (Å²) in [5.74, 6) is 0.218. The van der Waals surface area contributed by atoms with Gasteiger partial charge >= 0.3 is 0 Å². The number of aliphatic hydroxyl groups is 1. The van der Waals surface area contributed by atoms with Crippen molar-refractivity contribution in [3.63, 3.8) is 0 Å². The summed E-state index contributed by atoms with van der Waals surface area (Å²) in [5, 5.41) is 9.29. The maximum absolute atomic E-state index is 11.5. The van der Waals surface area contributed by atoms with Crippen molar-refractivity contribution in [3.8, 4) is 0 Å². The normalized spacial score (nSPS) is 23.7. The molecule has 1 rings (SSSR count). The summed E-state index contributed by atoms with van der Waals surface area (Å²) in [5.41, 5.74) is 0. The molecule has 1 atom stereocenters. The third kappa shape index (κ3) is 1.61. The second-order valence-electron chi connectivity index (χ2n) is 5.61.